The van der Waals surface area contributed by atoms with E-state index in [1.54, 1.807) is 0 Å². The second kappa shape index (κ2) is 8.10. The molecular formula is C16H12B2F6N2O3. The third-order valence-corrected chi connectivity index (χ3v) is 3.61. The normalized spacial score (nSPS) is 11.7. The number of nitrogens with two attached hydrogens (primary N) is 2. The monoisotopic (exact) mass is 416 g/mol. The van der Waals surface area contributed by atoms with Gasteiger partial charge in [0.15, 0.2) is 0 Å². The van der Waals surface area contributed by atoms with Gasteiger partial charge in [-0.25, -0.2) is 0 Å². The molecule has 2 aromatic carbocycles. The molecule has 5 nitrogen and oxygen atoms in total. The molecule has 0 aliphatic heterocycles. The molecule has 13 heteroatoms. The Morgan fingerprint density at radius 2 is 1.03 bits per heavy atom. The first-order valence-corrected chi connectivity index (χ1v) is 7.91. The van der Waals surface area contributed by atoms with E-state index in [1.807, 2.05) is 0 Å². The number of benzene rings is 2. The fourth-order valence-corrected chi connectivity index (χ4v) is 2.50. The van der Waals surface area contributed by atoms with E-state index in [1.165, 1.54) is 0 Å². The predicted molar refractivity (Wildman–Crippen MR) is 97.2 cm³/mol. The van der Waals surface area contributed by atoms with Gasteiger partial charge in [0.05, 0.1) is 11.1 Å². The van der Waals surface area contributed by atoms with Crippen LogP contribution in [0, 0.1) is 0 Å². The SMILES string of the molecule is Nc1cc(BC(=O)OC(=O)Bc2cc(N)cc(C(F)(F)F)c2)cc(C(F)(F)F)c1. The smallest absolute Gasteiger partial charge is 0.410 e. The van der Waals surface area contributed by atoms with Gasteiger partial charge in [0.2, 0.25) is 0 Å². The summed E-state index contributed by atoms with van der Waals surface area (Å²) in [6, 6.07) is 4.92. The van der Waals surface area contributed by atoms with Crippen molar-refractivity contribution in [1.29, 1.82) is 0 Å². The number of rotatable bonds is 4. The van der Waals surface area contributed by atoms with E-state index in [2.05, 4.69) is 4.74 Å². The van der Waals surface area contributed by atoms with Crippen LogP contribution < -0.4 is 22.4 Å². The summed E-state index contributed by atoms with van der Waals surface area (Å²) in [7, 11) is -1.38. The van der Waals surface area contributed by atoms with E-state index in [0.29, 0.717) is 24.3 Å². The maximum Gasteiger partial charge on any atom is 0.416 e. The first kappa shape index (κ1) is 22.2. The van der Waals surface area contributed by atoms with Crippen LogP contribution in [0.3, 0.4) is 0 Å². The molecule has 0 saturated heterocycles. The lowest BCUT2D eigenvalue weighted by atomic mass is 9.68. The molecule has 0 aliphatic carbocycles. The van der Waals surface area contributed by atoms with Crippen LogP contribution in [0.4, 0.5) is 47.3 Å². The number of nitrogen functional groups attached to an aromatic ring is 2. The third kappa shape index (κ3) is 6.47. The van der Waals surface area contributed by atoms with Crippen molar-refractivity contribution in [3.8, 4) is 0 Å². The molecule has 0 atom stereocenters. The standard InChI is InChI=1S/C16H12B2F6N2O3/c19-15(20,21)7-1-9(5-11(25)3-7)17-13(27)29-14(28)18-10-2-8(16(22,23)24)4-12(26)6-10/h1-6,17-18H,25-26H2. The number of hydrogen-bond acceptors (Lipinski definition) is 5. The van der Waals surface area contributed by atoms with E-state index in [9.17, 15) is 35.9 Å². The van der Waals surface area contributed by atoms with Gasteiger partial charge in [0.1, 0.15) is 0 Å². The number of carbonyl (C=O) groups is 2. The Morgan fingerprint density at radius 3 is 1.34 bits per heavy atom. The highest BCUT2D eigenvalue weighted by Gasteiger charge is 2.32. The maximum atomic E-state index is 12.8. The minimum Gasteiger partial charge on any atom is -0.410 e. The lowest BCUT2D eigenvalue weighted by molar-refractivity contribution is -0.138. The van der Waals surface area contributed by atoms with Crippen LogP contribution in [0.15, 0.2) is 36.4 Å². The minimum absolute atomic E-state index is 0.140. The largest absolute Gasteiger partial charge is 0.416 e. The van der Waals surface area contributed by atoms with Gasteiger partial charge in [-0.15, -0.1) is 0 Å². The van der Waals surface area contributed by atoms with Gasteiger partial charge in [0, 0.05) is 11.4 Å². The Morgan fingerprint density at radius 1 is 0.690 bits per heavy atom. The van der Waals surface area contributed by atoms with Crippen LogP contribution in [-0.4, -0.2) is 26.3 Å². The van der Waals surface area contributed by atoms with Crippen molar-refractivity contribution in [2.24, 2.45) is 0 Å². The molecule has 2 rings (SSSR count). The van der Waals surface area contributed by atoms with Crippen molar-refractivity contribution < 1.29 is 40.7 Å². The van der Waals surface area contributed by atoms with Crippen molar-refractivity contribution in [1.82, 2.24) is 0 Å². The van der Waals surface area contributed by atoms with Crippen LogP contribution in [-0.2, 0) is 17.1 Å². The highest BCUT2D eigenvalue weighted by molar-refractivity contribution is 6.87. The molecule has 152 valence electrons. The Kier molecular flexibility index (Phi) is 6.19. The summed E-state index contributed by atoms with van der Waals surface area (Å²) in [4.78, 5) is 23.6. The van der Waals surface area contributed by atoms with Gasteiger partial charge in [-0.2, -0.15) is 26.3 Å². The molecule has 0 bridgehead atoms. The molecule has 4 N–H and O–H groups in total. The maximum absolute atomic E-state index is 12.8. The Balaban J connectivity index is 2.06. The molecule has 29 heavy (non-hydrogen) atoms. The molecule has 0 heterocycles. The number of alkyl halides is 6. The summed E-state index contributed by atoms with van der Waals surface area (Å²) in [5.74, 6) is -2.37. The van der Waals surface area contributed by atoms with E-state index >= 15 is 0 Å². The molecule has 0 spiro atoms. The van der Waals surface area contributed by atoms with Crippen LogP contribution in [0.5, 0.6) is 0 Å². The fourth-order valence-electron chi connectivity index (χ4n) is 2.50. The number of anilines is 2. The zero-order valence-electron chi connectivity index (χ0n) is 14.5. The van der Waals surface area contributed by atoms with Crippen LogP contribution in [0.2, 0.25) is 0 Å². The van der Waals surface area contributed by atoms with Crippen LogP contribution in [0.25, 0.3) is 0 Å². The highest BCUT2D eigenvalue weighted by Crippen LogP contribution is 2.30. The van der Waals surface area contributed by atoms with Gasteiger partial charge >= 0.3 is 12.4 Å². The van der Waals surface area contributed by atoms with Crippen molar-refractivity contribution in [3.63, 3.8) is 0 Å². The van der Waals surface area contributed by atoms with Crippen molar-refractivity contribution in [2.45, 2.75) is 12.4 Å². The number of carbonyl (C=O) groups excluding carboxylic acids is 2. The van der Waals surface area contributed by atoms with Crippen LogP contribution >= 0.6 is 0 Å². The van der Waals surface area contributed by atoms with Crippen molar-refractivity contribution in [2.75, 3.05) is 11.5 Å². The molecule has 0 saturated carbocycles. The summed E-state index contributed by atoms with van der Waals surface area (Å²) in [6.07, 6.45) is -9.37. The zero-order chi connectivity index (χ0) is 22.0. The Labute approximate surface area is 161 Å². The summed E-state index contributed by atoms with van der Waals surface area (Å²) in [6.45, 7) is 0. The summed E-state index contributed by atoms with van der Waals surface area (Å²) in [5.41, 5.74) is 7.83. The predicted octanol–water partition coefficient (Wildman–Crippen LogP) is 1.97. The van der Waals surface area contributed by atoms with Gasteiger partial charge in [0.25, 0.3) is 26.3 Å². The Bertz CT molecular complexity index is 872. The van der Waals surface area contributed by atoms with Crippen molar-refractivity contribution in [3.05, 3.63) is 47.5 Å². The Hall–Kier alpha value is -3.11. The van der Waals surface area contributed by atoms with E-state index in [4.69, 9.17) is 11.5 Å². The molecule has 0 aliphatic rings. The average Bonchev–Trinajstić information content (AvgIpc) is 2.51. The van der Waals surface area contributed by atoms with Crippen molar-refractivity contribution >= 4 is 48.6 Å². The minimum atomic E-state index is -4.69. The number of halogens is 6. The number of ether oxygens (including phenoxy) is 1. The van der Waals surface area contributed by atoms with Gasteiger partial charge in [-0.1, -0.05) is 23.1 Å². The highest BCUT2D eigenvalue weighted by atomic mass is 19.4. The first-order chi connectivity index (χ1) is 13.2. The molecule has 0 amide bonds. The molecule has 0 unspecified atom stereocenters. The molecule has 0 aromatic heterocycles. The number of hydrogen-bond donors (Lipinski definition) is 2. The second-order valence-electron chi connectivity index (χ2n) is 6.12. The molecule has 0 radical (unpaired) electrons. The lowest BCUT2D eigenvalue weighted by Gasteiger charge is -2.10. The second-order valence-corrected chi connectivity index (χ2v) is 6.12. The first-order valence-electron chi connectivity index (χ1n) is 7.91. The molecule has 0 fully saturated rings. The van der Waals surface area contributed by atoms with E-state index in [-0.39, 0.29) is 22.3 Å². The lowest BCUT2D eigenvalue weighted by Crippen LogP contribution is -2.32. The molecule has 2 aromatic rings. The summed E-state index contributed by atoms with van der Waals surface area (Å²) < 4.78 is 81.1. The van der Waals surface area contributed by atoms with Gasteiger partial charge in [-0.3, -0.25) is 9.59 Å². The van der Waals surface area contributed by atoms with E-state index in [0.717, 1.165) is 12.1 Å². The van der Waals surface area contributed by atoms with Crippen LogP contribution in [0.1, 0.15) is 11.1 Å². The topological polar surface area (TPSA) is 95.4 Å². The third-order valence-electron chi connectivity index (χ3n) is 3.61. The zero-order valence-corrected chi connectivity index (χ0v) is 14.5. The summed E-state index contributed by atoms with van der Waals surface area (Å²) in [5, 5.41) is 0. The average molecular weight is 416 g/mol. The summed E-state index contributed by atoms with van der Waals surface area (Å²) >= 11 is 0. The van der Waals surface area contributed by atoms with Gasteiger partial charge < -0.3 is 16.2 Å². The fraction of sp³-hybridized carbons (Fsp3) is 0.125. The molecular weight excluding hydrogens is 404 g/mol. The quantitative estimate of drug-likeness (QED) is 0.344. The van der Waals surface area contributed by atoms with Gasteiger partial charge in [-0.05, 0) is 24.3 Å². The van der Waals surface area contributed by atoms with E-state index < -0.39 is 49.8 Å².